The maximum Gasteiger partial charge on any atom is 0.310 e. The first-order valence-corrected chi connectivity index (χ1v) is 16.0. The van der Waals surface area contributed by atoms with Gasteiger partial charge in [-0.15, -0.1) is 0 Å². The van der Waals surface area contributed by atoms with Crippen LogP contribution >= 0.6 is 0 Å². The van der Waals surface area contributed by atoms with Gasteiger partial charge < -0.3 is 14.2 Å². The molecule has 0 radical (unpaired) electrons. The Kier molecular flexibility index (Phi) is 12.3. The number of esters is 1. The van der Waals surface area contributed by atoms with Gasteiger partial charge in [-0.05, 0) is 60.9 Å². The smallest absolute Gasteiger partial charge is 0.310 e. The SMILES string of the molecule is CCCCc1nc(C)nc(OCc2ccccc2)c1Cc1cc(CCC)c(Oc2ccccc2CC(=O)OC)c(CCC)c1. The Bertz CT molecular complexity index is 1490. The van der Waals surface area contributed by atoms with Gasteiger partial charge in [-0.1, -0.05) is 101 Å². The molecule has 232 valence electrons. The molecule has 0 aliphatic carbocycles. The molecule has 0 N–H and O–H groups in total. The summed E-state index contributed by atoms with van der Waals surface area (Å²) in [4.78, 5) is 21.8. The number of rotatable bonds is 16. The molecule has 0 atom stereocenters. The summed E-state index contributed by atoms with van der Waals surface area (Å²) in [6.45, 7) is 8.98. The highest BCUT2D eigenvalue weighted by atomic mass is 16.5. The molecule has 0 saturated heterocycles. The lowest BCUT2D eigenvalue weighted by Crippen LogP contribution is -2.10. The molecule has 3 aromatic carbocycles. The highest BCUT2D eigenvalue weighted by molar-refractivity contribution is 5.73. The van der Waals surface area contributed by atoms with E-state index in [1.165, 1.54) is 12.7 Å². The number of methoxy groups -OCH3 is 1. The van der Waals surface area contributed by atoms with E-state index in [0.717, 1.165) is 90.0 Å². The first kappa shape index (κ1) is 32.7. The van der Waals surface area contributed by atoms with Crippen molar-refractivity contribution in [2.24, 2.45) is 0 Å². The number of carbonyl (C=O) groups is 1. The van der Waals surface area contributed by atoms with Crippen LogP contribution in [0.25, 0.3) is 0 Å². The fraction of sp³-hybridized carbons (Fsp3) is 0.395. The van der Waals surface area contributed by atoms with Gasteiger partial charge in [0.05, 0.1) is 19.2 Å². The van der Waals surface area contributed by atoms with Gasteiger partial charge in [0, 0.05) is 17.5 Å². The maximum atomic E-state index is 12.1. The Labute approximate surface area is 262 Å². The summed E-state index contributed by atoms with van der Waals surface area (Å²) in [5, 5.41) is 0. The molecule has 4 aromatic rings. The van der Waals surface area contributed by atoms with Gasteiger partial charge >= 0.3 is 5.97 Å². The van der Waals surface area contributed by atoms with Crippen molar-refractivity contribution in [2.75, 3.05) is 7.11 Å². The van der Waals surface area contributed by atoms with Crippen LogP contribution < -0.4 is 9.47 Å². The number of aryl methyl sites for hydroxylation is 4. The number of hydrogen-bond donors (Lipinski definition) is 0. The van der Waals surface area contributed by atoms with Crippen molar-refractivity contribution in [2.45, 2.75) is 92.1 Å². The normalized spacial score (nSPS) is 10.9. The van der Waals surface area contributed by atoms with Gasteiger partial charge in [0.2, 0.25) is 5.88 Å². The summed E-state index contributed by atoms with van der Waals surface area (Å²) >= 11 is 0. The Balaban J connectivity index is 1.75. The summed E-state index contributed by atoms with van der Waals surface area (Å²) < 4.78 is 18.0. The highest BCUT2D eigenvalue weighted by Gasteiger charge is 2.20. The van der Waals surface area contributed by atoms with Crippen LogP contribution in [0, 0.1) is 6.92 Å². The summed E-state index contributed by atoms with van der Waals surface area (Å²) in [6, 6.07) is 22.5. The largest absolute Gasteiger partial charge is 0.472 e. The molecule has 0 aliphatic heterocycles. The van der Waals surface area contributed by atoms with E-state index in [-0.39, 0.29) is 12.4 Å². The number of unbranched alkanes of at least 4 members (excludes halogenated alkanes) is 1. The number of hydrogen-bond acceptors (Lipinski definition) is 6. The lowest BCUT2D eigenvalue weighted by molar-refractivity contribution is -0.139. The van der Waals surface area contributed by atoms with E-state index in [1.807, 2.05) is 49.4 Å². The molecule has 0 unspecified atom stereocenters. The second-order valence-electron chi connectivity index (χ2n) is 11.3. The summed E-state index contributed by atoms with van der Waals surface area (Å²) in [7, 11) is 1.41. The van der Waals surface area contributed by atoms with Crippen molar-refractivity contribution in [1.82, 2.24) is 9.97 Å². The van der Waals surface area contributed by atoms with Crippen molar-refractivity contribution >= 4 is 5.97 Å². The van der Waals surface area contributed by atoms with E-state index in [1.54, 1.807) is 0 Å². The number of carbonyl (C=O) groups excluding carboxylic acids is 1. The molecule has 6 heteroatoms. The molecule has 44 heavy (non-hydrogen) atoms. The van der Waals surface area contributed by atoms with Crippen LogP contribution in [0.1, 0.15) is 91.4 Å². The van der Waals surface area contributed by atoms with Gasteiger partial charge in [-0.2, -0.15) is 4.98 Å². The highest BCUT2D eigenvalue weighted by Crippen LogP contribution is 2.36. The average Bonchev–Trinajstić information content (AvgIpc) is 3.03. The van der Waals surface area contributed by atoms with E-state index in [9.17, 15) is 4.79 Å². The zero-order valence-electron chi connectivity index (χ0n) is 26.9. The lowest BCUT2D eigenvalue weighted by atomic mass is 9.94. The Morgan fingerprint density at radius 2 is 1.45 bits per heavy atom. The molecule has 0 fully saturated rings. The van der Waals surface area contributed by atoms with Gasteiger partial charge in [-0.25, -0.2) is 4.98 Å². The Hall–Kier alpha value is -4.19. The summed E-state index contributed by atoms with van der Waals surface area (Å²) in [5.74, 6) is 2.69. The second-order valence-corrected chi connectivity index (χ2v) is 11.3. The van der Waals surface area contributed by atoms with Gasteiger partial charge in [-0.3, -0.25) is 4.79 Å². The third-order valence-electron chi connectivity index (χ3n) is 7.62. The fourth-order valence-electron chi connectivity index (χ4n) is 5.46. The van der Waals surface area contributed by atoms with E-state index < -0.39 is 0 Å². The minimum Gasteiger partial charge on any atom is -0.472 e. The molecule has 0 aliphatic rings. The quantitative estimate of drug-likeness (QED) is 0.121. The van der Waals surface area contributed by atoms with Crippen molar-refractivity contribution in [3.8, 4) is 17.4 Å². The van der Waals surface area contributed by atoms with Crippen LogP contribution in [0.4, 0.5) is 0 Å². The molecule has 0 bridgehead atoms. The lowest BCUT2D eigenvalue weighted by Gasteiger charge is -2.20. The summed E-state index contributed by atoms with van der Waals surface area (Å²) in [5.41, 5.74) is 7.56. The molecule has 0 spiro atoms. The third kappa shape index (κ3) is 8.91. The van der Waals surface area contributed by atoms with Crippen molar-refractivity contribution in [3.05, 3.63) is 112 Å². The first-order valence-electron chi connectivity index (χ1n) is 16.0. The van der Waals surface area contributed by atoms with Gasteiger partial charge in [0.15, 0.2) is 0 Å². The molecular weight excluding hydrogens is 548 g/mol. The molecule has 1 heterocycles. The zero-order valence-corrected chi connectivity index (χ0v) is 26.9. The average molecular weight is 595 g/mol. The first-order chi connectivity index (χ1) is 21.4. The number of ether oxygens (including phenoxy) is 3. The molecule has 6 nitrogen and oxygen atoms in total. The minimum absolute atomic E-state index is 0.163. The summed E-state index contributed by atoms with van der Waals surface area (Å²) in [6.07, 6.45) is 7.60. The predicted octanol–water partition coefficient (Wildman–Crippen LogP) is 8.71. The molecule has 0 saturated carbocycles. The fourth-order valence-corrected chi connectivity index (χ4v) is 5.46. The van der Waals surface area contributed by atoms with Crippen molar-refractivity contribution < 1.29 is 19.0 Å². The molecule has 0 amide bonds. The minimum atomic E-state index is -0.288. The number of nitrogens with zero attached hydrogens (tertiary/aromatic N) is 2. The van der Waals surface area contributed by atoms with Crippen LogP contribution in [0.15, 0.2) is 66.7 Å². The van der Waals surface area contributed by atoms with E-state index in [4.69, 9.17) is 24.2 Å². The van der Waals surface area contributed by atoms with E-state index >= 15 is 0 Å². The second kappa shape index (κ2) is 16.6. The topological polar surface area (TPSA) is 70.5 Å². The third-order valence-corrected chi connectivity index (χ3v) is 7.62. The van der Waals surface area contributed by atoms with Crippen LogP contribution in [-0.4, -0.2) is 23.0 Å². The number of para-hydroxylation sites is 1. The Morgan fingerprint density at radius 3 is 2.11 bits per heavy atom. The number of aromatic nitrogens is 2. The van der Waals surface area contributed by atoms with Gasteiger partial charge in [0.1, 0.15) is 23.9 Å². The van der Waals surface area contributed by atoms with Crippen LogP contribution in [0.3, 0.4) is 0 Å². The van der Waals surface area contributed by atoms with Gasteiger partial charge in [0.25, 0.3) is 0 Å². The van der Waals surface area contributed by atoms with Crippen LogP contribution in [-0.2, 0) is 48.2 Å². The van der Waals surface area contributed by atoms with Crippen molar-refractivity contribution in [3.63, 3.8) is 0 Å². The maximum absolute atomic E-state index is 12.1. The molecule has 4 rings (SSSR count). The monoisotopic (exact) mass is 594 g/mol. The van der Waals surface area contributed by atoms with Crippen LogP contribution in [0.5, 0.6) is 17.4 Å². The standard InChI is InChI=1S/C38H46N2O4/c1-6-9-20-34-33(38(40-27(4)39-34)43-26-28-17-11-10-12-18-28)24-29-22-31(15-7-2)37(32(23-29)16-8-3)44-35-21-14-13-19-30(35)25-36(41)42-5/h10-14,17-19,21-23H,6-9,15-16,20,24-26H2,1-5H3. The predicted molar refractivity (Wildman–Crippen MR) is 176 cm³/mol. The molecular formula is C38H46N2O4. The van der Waals surface area contributed by atoms with Crippen LogP contribution in [0.2, 0.25) is 0 Å². The van der Waals surface area contributed by atoms with E-state index in [2.05, 4.69) is 45.0 Å². The number of benzene rings is 3. The zero-order chi connectivity index (χ0) is 31.3. The molecule has 1 aromatic heterocycles. The van der Waals surface area contributed by atoms with Crippen molar-refractivity contribution in [1.29, 1.82) is 0 Å². The van der Waals surface area contributed by atoms with E-state index in [0.29, 0.717) is 24.7 Å². The Morgan fingerprint density at radius 1 is 0.773 bits per heavy atom.